The van der Waals surface area contributed by atoms with Crippen LogP contribution in [-0.4, -0.2) is 17.1 Å². The van der Waals surface area contributed by atoms with Gasteiger partial charge in [0.05, 0.1) is 9.26 Å². The highest BCUT2D eigenvalue weighted by Crippen LogP contribution is 2.42. The predicted octanol–water partition coefficient (Wildman–Crippen LogP) is 2.88. The van der Waals surface area contributed by atoms with E-state index in [4.69, 9.17) is 10.5 Å². The largest absolute Gasteiger partial charge is 0.383 e. The summed E-state index contributed by atoms with van der Waals surface area (Å²) < 4.78 is 6.47. The highest BCUT2D eigenvalue weighted by atomic mass is 127. The molecule has 1 saturated carbocycles. The van der Waals surface area contributed by atoms with Crippen molar-refractivity contribution in [3.63, 3.8) is 0 Å². The SMILES string of the molecule is COC(c1nc(N)c(I)c(C2CC2)n1)C(C)C. The van der Waals surface area contributed by atoms with Crippen LogP contribution in [0.2, 0.25) is 0 Å². The summed E-state index contributed by atoms with van der Waals surface area (Å²) in [5.41, 5.74) is 7.07. The van der Waals surface area contributed by atoms with Crippen molar-refractivity contribution in [3.8, 4) is 0 Å². The Labute approximate surface area is 115 Å². The second kappa shape index (κ2) is 5.06. The van der Waals surface area contributed by atoms with E-state index in [2.05, 4.69) is 46.4 Å². The van der Waals surface area contributed by atoms with Gasteiger partial charge in [0, 0.05) is 13.0 Å². The second-order valence-corrected chi connectivity index (χ2v) is 5.92. The van der Waals surface area contributed by atoms with Gasteiger partial charge in [0.1, 0.15) is 11.9 Å². The maximum Gasteiger partial charge on any atom is 0.160 e. The zero-order valence-electron chi connectivity index (χ0n) is 10.4. The van der Waals surface area contributed by atoms with Gasteiger partial charge in [-0.25, -0.2) is 9.97 Å². The van der Waals surface area contributed by atoms with Crippen LogP contribution in [0.15, 0.2) is 0 Å². The molecule has 1 heterocycles. The van der Waals surface area contributed by atoms with E-state index in [1.165, 1.54) is 12.8 Å². The van der Waals surface area contributed by atoms with E-state index in [1.54, 1.807) is 7.11 Å². The van der Waals surface area contributed by atoms with E-state index in [-0.39, 0.29) is 6.10 Å². The lowest BCUT2D eigenvalue weighted by Gasteiger charge is -2.19. The Hall–Kier alpha value is -0.430. The predicted molar refractivity (Wildman–Crippen MR) is 75.7 cm³/mol. The Morgan fingerprint density at radius 3 is 2.47 bits per heavy atom. The van der Waals surface area contributed by atoms with Gasteiger partial charge in [-0.15, -0.1) is 0 Å². The van der Waals surface area contributed by atoms with Crippen molar-refractivity contribution >= 4 is 28.4 Å². The van der Waals surface area contributed by atoms with Crippen LogP contribution in [0.4, 0.5) is 5.82 Å². The number of nitrogen functional groups attached to an aromatic ring is 1. The van der Waals surface area contributed by atoms with E-state index < -0.39 is 0 Å². The first-order chi connectivity index (χ1) is 8.04. The summed E-state index contributed by atoms with van der Waals surface area (Å²) in [4.78, 5) is 9.03. The first kappa shape index (κ1) is 13.0. The number of halogens is 1. The summed E-state index contributed by atoms with van der Waals surface area (Å²) in [6, 6.07) is 0. The van der Waals surface area contributed by atoms with Gasteiger partial charge in [-0.2, -0.15) is 0 Å². The maximum atomic E-state index is 5.97. The third-order valence-corrected chi connectivity index (χ3v) is 4.10. The van der Waals surface area contributed by atoms with Crippen LogP contribution >= 0.6 is 22.6 Å². The average molecular weight is 347 g/mol. The van der Waals surface area contributed by atoms with Crippen LogP contribution in [0, 0.1) is 9.49 Å². The Morgan fingerprint density at radius 1 is 1.35 bits per heavy atom. The Kier molecular flexibility index (Phi) is 3.87. The molecule has 1 atom stereocenters. The topological polar surface area (TPSA) is 61.0 Å². The van der Waals surface area contributed by atoms with E-state index in [0.29, 0.717) is 17.7 Å². The number of hydrogen-bond donors (Lipinski definition) is 1. The lowest BCUT2D eigenvalue weighted by atomic mass is 10.1. The normalized spacial score (nSPS) is 17.5. The van der Waals surface area contributed by atoms with E-state index >= 15 is 0 Å². The first-order valence-corrected chi connectivity index (χ1v) is 6.98. The minimum Gasteiger partial charge on any atom is -0.383 e. The highest BCUT2D eigenvalue weighted by molar-refractivity contribution is 14.1. The molecule has 0 spiro atoms. The van der Waals surface area contributed by atoms with Gasteiger partial charge in [0.2, 0.25) is 0 Å². The summed E-state index contributed by atoms with van der Waals surface area (Å²) in [5, 5.41) is 0. The molecule has 1 fully saturated rings. The molecule has 1 aromatic heterocycles. The average Bonchev–Trinajstić information content (AvgIpc) is 3.07. The van der Waals surface area contributed by atoms with Crippen LogP contribution in [0.3, 0.4) is 0 Å². The zero-order chi connectivity index (χ0) is 12.6. The fourth-order valence-corrected chi connectivity index (χ4v) is 2.61. The Bertz CT molecular complexity index is 418. The monoisotopic (exact) mass is 347 g/mol. The molecule has 5 heteroatoms. The molecule has 2 N–H and O–H groups in total. The fourth-order valence-electron chi connectivity index (χ4n) is 1.93. The van der Waals surface area contributed by atoms with Crippen molar-refractivity contribution in [2.75, 3.05) is 12.8 Å². The number of hydrogen-bond acceptors (Lipinski definition) is 4. The first-order valence-electron chi connectivity index (χ1n) is 5.90. The zero-order valence-corrected chi connectivity index (χ0v) is 12.6. The van der Waals surface area contributed by atoms with E-state index in [9.17, 15) is 0 Å². The maximum absolute atomic E-state index is 5.97. The van der Waals surface area contributed by atoms with Crippen LogP contribution < -0.4 is 5.73 Å². The molecule has 0 amide bonds. The van der Waals surface area contributed by atoms with Crippen LogP contribution in [0.1, 0.15) is 50.2 Å². The molecule has 0 saturated heterocycles. The molecular formula is C12H18IN3O. The number of rotatable bonds is 4. The van der Waals surface area contributed by atoms with E-state index in [1.807, 2.05) is 0 Å². The van der Waals surface area contributed by atoms with Gasteiger partial charge >= 0.3 is 0 Å². The molecule has 1 aliphatic carbocycles. The van der Waals surface area contributed by atoms with Gasteiger partial charge < -0.3 is 10.5 Å². The molecule has 4 nitrogen and oxygen atoms in total. The van der Waals surface area contributed by atoms with Crippen molar-refractivity contribution in [3.05, 3.63) is 15.1 Å². The van der Waals surface area contributed by atoms with E-state index in [0.717, 1.165) is 15.1 Å². The summed E-state index contributed by atoms with van der Waals surface area (Å²) in [5.74, 6) is 2.23. The van der Waals surface area contributed by atoms with Gasteiger partial charge in [-0.3, -0.25) is 0 Å². The minimum atomic E-state index is -0.0770. The van der Waals surface area contributed by atoms with Crippen molar-refractivity contribution in [1.82, 2.24) is 9.97 Å². The third-order valence-electron chi connectivity index (χ3n) is 3.00. The van der Waals surface area contributed by atoms with Gasteiger partial charge in [-0.1, -0.05) is 13.8 Å². The van der Waals surface area contributed by atoms with Crippen molar-refractivity contribution in [2.24, 2.45) is 5.92 Å². The molecule has 0 aromatic carbocycles. The smallest absolute Gasteiger partial charge is 0.160 e. The number of ether oxygens (including phenoxy) is 1. The molecule has 1 unspecified atom stereocenters. The van der Waals surface area contributed by atoms with Crippen molar-refractivity contribution in [2.45, 2.75) is 38.7 Å². The quantitative estimate of drug-likeness (QED) is 0.851. The molecule has 0 radical (unpaired) electrons. The number of methoxy groups -OCH3 is 1. The molecule has 0 bridgehead atoms. The lowest BCUT2D eigenvalue weighted by Crippen LogP contribution is -2.16. The molecule has 1 aromatic rings. The summed E-state index contributed by atoms with van der Waals surface area (Å²) in [6.07, 6.45) is 2.35. The van der Waals surface area contributed by atoms with Gasteiger partial charge in [-0.05, 0) is 41.4 Å². The minimum absolute atomic E-state index is 0.0770. The van der Waals surface area contributed by atoms with Crippen molar-refractivity contribution < 1.29 is 4.74 Å². The molecule has 2 rings (SSSR count). The van der Waals surface area contributed by atoms with Gasteiger partial charge in [0.25, 0.3) is 0 Å². The third kappa shape index (κ3) is 2.70. The molecule has 1 aliphatic rings. The van der Waals surface area contributed by atoms with Crippen LogP contribution in [-0.2, 0) is 4.74 Å². The number of nitrogens with zero attached hydrogens (tertiary/aromatic N) is 2. The number of anilines is 1. The summed E-state index contributed by atoms with van der Waals surface area (Å²) in [7, 11) is 1.69. The number of aromatic nitrogens is 2. The Morgan fingerprint density at radius 2 is 2.00 bits per heavy atom. The lowest BCUT2D eigenvalue weighted by molar-refractivity contribution is 0.0573. The molecule has 17 heavy (non-hydrogen) atoms. The summed E-state index contributed by atoms with van der Waals surface area (Å²) in [6.45, 7) is 4.20. The molecule has 94 valence electrons. The summed E-state index contributed by atoms with van der Waals surface area (Å²) >= 11 is 2.24. The second-order valence-electron chi connectivity index (χ2n) is 4.84. The molecule has 0 aliphatic heterocycles. The molecular weight excluding hydrogens is 329 g/mol. The Balaban J connectivity index is 2.40. The van der Waals surface area contributed by atoms with Gasteiger partial charge in [0.15, 0.2) is 5.82 Å². The fraction of sp³-hybridized carbons (Fsp3) is 0.667. The van der Waals surface area contributed by atoms with Crippen LogP contribution in [0.5, 0.6) is 0 Å². The standard InChI is InChI=1S/C12H18IN3O/c1-6(2)10(17-3)12-15-9(7-4-5-7)8(13)11(14)16-12/h6-7,10H,4-5H2,1-3H3,(H2,14,15,16). The number of nitrogens with two attached hydrogens (primary N) is 1. The van der Waals surface area contributed by atoms with Crippen molar-refractivity contribution in [1.29, 1.82) is 0 Å². The van der Waals surface area contributed by atoms with Crippen LogP contribution in [0.25, 0.3) is 0 Å². The highest BCUT2D eigenvalue weighted by Gasteiger charge is 2.30.